The monoisotopic (exact) mass is 469 g/mol. The second-order valence-electron chi connectivity index (χ2n) is 8.79. The first-order valence-corrected chi connectivity index (χ1v) is 12.2. The van der Waals surface area contributed by atoms with Crippen LogP contribution >= 0.6 is 0 Å². The lowest BCUT2D eigenvalue weighted by Gasteiger charge is -2.34. The van der Waals surface area contributed by atoms with Crippen LogP contribution < -0.4 is 25.0 Å². The Morgan fingerprint density at radius 3 is 2.66 bits per heavy atom. The van der Waals surface area contributed by atoms with E-state index in [1.54, 1.807) is 0 Å². The fourth-order valence-corrected chi connectivity index (χ4v) is 4.79. The van der Waals surface area contributed by atoms with Crippen LogP contribution in [0.3, 0.4) is 0 Å². The van der Waals surface area contributed by atoms with E-state index < -0.39 is 0 Å². The highest BCUT2D eigenvalue weighted by Gasteiger charge is 2.25. The molecule has 0 spiro atoms. The van der Waals surface area contributed by atoms with Crippen molar-refractivity contribution in [2.75, 3.05) is 42.6 Å². The van der Waals surface area contributed by atoms with Gasteiger partial charge in [-0.25, -0.2) is 0 Å². The fourth-order valence-electron chi connectivity index (χ4n) is 4.79. The Bertz CT molecular complexity index is 1210. The standard InChI is InChI=1S/C29H31N3O3/c30-20-23-10-4-12-26-25(23)11-6-15-31(26)21-29(33)32(16-5-9-22-7-2-1-3-8-22)24-13-14-27-28(19-24)35-18-17-34-27/h1-5,7-10,12-14,19H,6,11,15-18,20-21,30H2/b9-5+. The lowest BCUT2D eigenvalue weighted by molar-refractivity contribution is -0.117. The van der Waals surface area contributed by atoms with E-state index in [1.807, 2.05) is 71.6 Å². The molecule has 2 heterocycles. The third-order valence-corrected chi connectivity index (χ3v) is 6.53. The van der Waals surface area contributed by atoms with Crippen LogP contribution in [-0.2, 0) is 17.8 Å². The SMILES string of the molecule is NCc1cccc2c1CCCN2CC(=O)N(C/C=C/c1ccccc1)c1ccc2c(c1)OCCO2. The van der Waals surface area contributed by atoms with Crippen molar-refractivity contribution in [3.05, 3.63) is 89.5 Å². The van der Waals surface area contributed by atoms with Crippen molar-refractivity contribution in [2.45, 2.75) is 19.4 Å². The molecule has 35 heavy (non-hydrogen) atoms. The van der Waals surface area contributed by atoms with Gasteiger partial charge in [0.25, 0.3) is 0 Å². The second kappa shape index (κ2) is 10.7. The molecule has 0 unspecified atom stereocenters. The van der Waals surface area contributed by atoms with Crippen molar-refractivity contribution in [3.8, 4) is 11.5 Å². The summed E-state index contributed by atoms with van der Waals surface area (Å²) in [6.45, 7) is 3.16. The largest absolute Gasteiger partial charge is 0.486 e. The van der Waals surface area contributed by atoms with Gasteiger partial charge in [-0.3, -0.25) is 4.79 Å². The Balaban J connectivity index is 1.41. The van der Waals surface area contributed by atoms with E-state index in [0.717, 1.165) is 41.9 Å². The molecule has 180 valence electrons. The van der Waals surface area contributed by atoms with Crippen molar-refractivity contribution >= 4 is 23.4 Å². The maximum Gasteiger partial charge on any atom is 0.246 e. The van der Waals surface area contributed by atoms with Crippen molar-refractivity contribution in [2.24, 2.45) is 5.73 Å². The van der Waals surface area contributed by atoms with Crippen LogP contribution in [0.4, 0.5) is 11.4 Å². The van der Waals surface area contributed by atoms with Gasteiger partial charge in [0.2, 0.25) is 5.91 Å². The average Bonchev–Trinajstić information content (AvgIpc) is 2.91. The van der Waals surface area contributed by atoms with Crippen molar-refractivity contribution in [3.63, 3.8) is 0 Å². The second-order valence-corrected chi connectivity index (χ2v) is 8.79. The molecule has 1 amide bonds. The van der Waals surface area contributed by atoms with Gasteiger partial charge in [0, 0.05) is 37.1 Å². The van der Waals surface area contributed by atoms with E-state index in [2.05, 4.69) is 17.0 Å². The number of amides is 1. The molecule has 6 heteroatoms. The van der Waals surface area contributed by atoms with Crippen LogP contribution in [0.15, 0.2) is 72.8 Å². The molecule has 0 bridgehead atoms. The molecule has 5 rings (SSSR count). The fraction of sp³-hybridized carbons (Fsp3) is 0.276. The highest BCUT2D eigenvalue weighted by Crippen LogP contribution is 2.35. The minimum absolute atomic E-state index is 0.0328. The first kappa shape index (κ1) is 23.0. The van der Waals surface area contributed by atoms with Crippen LogP contribution in [0.2, 0.25) is 0 Å². The zero-order chi connectivity index (χ0) is 24.0. The quantitative estimate of drug-likeness (QED) is 0.555. The number of hydrogen-bond acceptors (Lipinski definition) is 5. The lowest BCUT2D eigenvalue weighted by atomic mass is 9.96. The van der Waals surface area contributed by atoms with Gasteiger partial charge in [-0.2, -0.15) is 0 Å². The molecule has 0 radical (unpaired) electrons. The number of ether oxygens (including phenoxy) is 2. The van der Waals surface area contributed by atoms with Crippen LogP contribution in [0.1, 0.15) is 23.1 Å². The topological polar surface area (TPSA) is 68.0 Å². The first-order valence-electron chi connectivity index (χ1n) is 12.2. The highest BCUT2D eigenvalue weighted by atomic mass is 16.6. The third kappa shape index (κ3) is 5.17. The molecule has 0 aliphatic carbocycles. The number of rotatable bonds is 7. The summed E-state index contributed by atoms with van der Waals surface area (Å²) < 4.78 is 11.5. The van der Waals surface area contributed by atoms with Crippen LogP contribution in [0.25, 0.3) is 6.08 Å². The molecule has 0 aromatic heterocycles. The van der Waals surface area contributed by atoms with E-state index in [9.17, 15) is 4.79 Å². The Morgan fingerprint density at radius 1 is 1.00 bits per heavy atom. The molecule has 2 aliphatic heterocycles. The number of carbonyl (C=O) groups is 1. The number of carbonyl (C=O) groups excluding carboxylic acids is 1. The minimum atomic E-state index is 0.0328. The van der Waals surface area contributed by atoms with Crippen molar-refractivity contribution < 1.29 is 14.3 Å². The first-order chi connectivity index (χ1) is 17.2. The van der Waals surface area contributed by atoms with Gasteiger partial charge in [0.05, 0.1) is 6.54 Å². The molecule has 3 aromatic rings. The highest BCUT2D eigenvalue weighted by molar-refractivity contribution is 5.97. The van der Waals surface area contributed by atoms with E-state index in [-0.39, 0.29) is 5.91 Å². The number of hydrogen-bond donors (Lipinski definition) is 1. The smallest absolute Gasteiger partial charge is 0.246 e. The summed E-state index contributed by atoms with van der Waals surface area (Å²) in [4.78, 5) is 17.7. The molecule has 0 atom stereocenters. The minimum Gasteiger partial charge on any atom is -0.486 e. The molecule has 0 fully saturated rings. The zero-order valence-corrected chi connectivity index (χ0v) is 19.9. The maximum absolute atomic E-state index is 13.7. The number of benzene rings is 3. The summed E-state index contributed by atoms with van der Waals surface area (Å²) in [5.74, 6) is 1.42. The summed E-state index contributed by atoms with van der Waals surface area (Å²) in [7, 11) is 0. The normalized spacial score (nSPS) is 14.6. The number of nitrogens with zero attached hydrogens (tertiary/aromatic N) is 2. The summed E-state index contributed by atoms with van der Waals surface area (Å²) >= 11 is 0. The average molecular weight is 470 g/mol. The van der Waals surface area contributed by atoms with Gasteiger partial charge in [-0.1, -0.05) is 54.6 Å². The van der Waals surface area contributed by atoms with E-state index >= 15 is 0 Å². The molecular formula is C29H31N3O3. The molecule has 0 saturated carbocycles. The Morgan fingerprint density at radius 2 is 1.83 bits per heavy atom. The molecule has 3 aromatic carbocycles. The Labute approximate surface area is 206 Å². The third-order valence-electron chi connectivity index (χ3n) is 6.53. The van der Waals surface area contributed by atoms with Crippen LogP contribution in [-0.4, -0.2) is 38.8 Å². The van der Waals surface area contributed by atoms with E-state index in [0.29, 0.717) is 44.3 Å². The van der Waals surface area contributed by atoms with Gasteiger partial charge in [-0.05, 0) is 47.7 Å². The number of fused-ring (bicyclic) bond motifs is 2. The molecular weight excluding hydrogens is 438 g/mol. The molecule has 2 N–H and O–H groups in total. The summed E-state index contributed by atoms with van der Waals surface area (Å²) in [6, 6.07) is 22.0. The van der Waals surface area contributed by atoms with Gasteiger partial charge in [-0.15, -0.1) is 0 Å². The van der Waals surface area contributed by atoms with Crippen LogP contribution in [0.5, 0.6) is 11.5 Å². The van der Waals surface area contributed by atoms with Gasteiger partial charge in [0.1, 0.15) is 13.2 Å². The van der Waals surface area contributed by atoms with Crippen LogP contribution in [0, 0.1) is 0 Å². The number of anilines is 2. The molecule has 2 aliphatic rings. The summed E-state index contributed by atoms with van der Waals surface area (Å²) in [5, 5.41) is 0. The maximum atomic E-state index is 13.7. The summed E-state index contributed by atoms with van der Waals surface area (Å²) in [5.41, 5.74) is 11.4. The Kier molecular flexibility index (Phi) is 7.00. The van der Waals surface area contributed by atoms with Gasteiger partial charge < -0.3 is 25.0 Å². The summed E-state index contributed by atoms with van der Waals surface area (Å²) in [6.07, 6.45) is 6.08. The molecule has 6 nitrogen and oxygen atoms in total. The van der Waals surface area contributed by atoms with Crippen molar-refractivity contribution in [1.29, 1.82) is 0 Å². The van der Waals surface area contributed by atoms with Crippen molar-refractivity contribution in [1.82, 2.24) is 0 Å². The Hall–Kier alpha value is -3.77. The van der Waals surface area contributed by atoms with Gasteiger partial charge in [0.15, 0.2) is 11.5 Å². The van der Waals surface area contributed by atoms with Gasteiger partial charge >= 0.3 is 0 Å². The predicted octanol–water partition coefficient (Wildman–Crippen LogP) is 4.42. The zero-order valence-electron chi connectivity index (χ0n) is 19.9. The predicted molar refractivity (Wildman–Crippen MR) is 140 cm³/mol. The number of nitrogens with two attached hydrogens (primary N) is 1. The van der Waals surface area contributed by atoms with E-state index in [4.69, 9.17) is 15.2 Å². The van der Waals surface area contributed by atoms with E-state index in [1.165, 1.54) is 5.56 Å². The molecule has 0 saturated heterocycles. The lowest BCUT2D eigenvalue weighted by Crippen LogP contribution is -2.42.